The van der Waals surface area contributed by atoms with E-state index in [0.29, 0.717) is 18.8 Å². The first kappa shape index (κ1) is 30.3. The Hall–Kier alpha value is -4.20. The van der Waals surface area contributed by atoms with Gasteiger partial charge in [-0.25, -0.2) is 19.2 Å². The van der Waals surface area contributed by atoms with E-state index in [1.165, 1.54) is 50.5 Å². The Kier molecular flexibility index (Phi) is 10.4. The summed E-state index contributed by atoms with van der Waals surface area (Å²) in [7, 11) is 0. The van der Waals surface area contributed by atoms with Crippen molar-refractivity contribution in [2.24, 2.45) is 0 Å². The van der Waals surface area contributed by atoms with E-state index in [9.17, 15) is 14.0 Å². The minimum atomic E-state index is -0.671. The summed E-state index contributed by atoms with van der Waals surface area (Å²) in [6.07, 6.45) is 3.98. The third-order valence-electron chi connectivity index (χ3n) is 7.33. The molecule has 3 heterocycles. The summed E-state index contributed by atoms with van der Waals surface area (Å²) in [4.78, 5) is 39.8. The van der Waals surface area contributed by atoms with Crippen LogP contribution in [-0.2, 0) is 11.2 Å². The minimum absolute atomic E-state index is 0.0497. The quantitative estimate of drug-likeness (QED) is 0.314. The Bertz CT molecular complexity index is 1420. The third kappa shape index (κ3) is 9.14. The second-order valence-corrected chi connectivity index (χ2v) is 10.9. The Balaban J connectivity index is 1.08. The van der Waals surface area contributed by atoms with Crippen molar-refractivity contribution >= 4 is 40.8 Å². The summed E-state index contributed by atoms with van der Waals surface area (Å²) in [5.41, 5.74) is 1.19. The SMILES string of the molecule is O=C(Cc1ccccc1)NC(=S)Nc1ccc(Oc2cc(NC(=O)N3CCN(CCN4CCCC4)CC3)ncn2)c(F)c1. The van der Waals surface area contributed by atoms with E-state index in [2.05, 4.69) is 35.7 Å². The lowest BCUT2D eigenvalue weighted by Gasteiger charge is -2.35. The molecule has 0 radical (unpaired) electrons. The number of amides is 3. The van der Waals surface area contributed by atoms with Gasteiger partial charge in [-0.15, -0.1) is 0 Å². The number of anilines is 2. The molecule has 3 aromatic rings. The second-order valence-electron chi connectivity index (χ2n) is 10.5. The summed E-state index contributed by atoms with van der Waals surface area (Å²) in [6.45, 7) is 7.39. The molecule has 2 aromatic carbocycles. The highest BCUT2D eigenvalue weighted by molar-refractivity contribution is 7.80. The Morgan fingerprint density at radius 3 is 2.33 bits per heavy atom. The molecule has 0 unspecified atom stereocenters. The zero-order chi connectivity index (χ0) is 30.0. The summed E-state index contributed by atoms with van der Waals surface area (Å²) >= 11 is 5.19. The predicted molar refractivity (Wildman–Crippen MR) is 166 cm³/mol. The first-order valence-electron chi connectivity index (χ1n) is 14.4. The van der Waals surface area contributed by atoms with Crippen molar-refractivity contribution in [3.8, 4) is 11.6 Å². The number of rotatable bonds is 9. The smallest absolute Gasteiger partial charge is 0.323 e. The van der Waals surface area contributed by atoms with Gasteiger partial charge in [-0.2, -0.15) is 0 Å². The molecular weight excluding hydrogens is 571 g/mol. The van der Waals surface area contributed by atoms with Crippen LogP contribution in [0.4, 0.5) is 20.7 Å². The molecule has 13 heteroatoms. The molecule has 3 amide bonds. The van der Waals surface area contributed by atoms with Crippen LogP contribution in [-0.4, -0.2) is 94.1 Å². The summed E-state index contributed by atoms with van der Waals surface area (Å²) < 4.78 is 20.5. The van der Waals surface area contributed by atoms with Gasteiger partial charge in [0.25, 0.3) is 0 Å². The van der Waals surface area contributed by atoms with Crippen LogP contribution >= 0.6 is 12.2 Å². The molecule has 0 aliphatic carbocycles. The molecule has 2 saturated heterocycles. The van der Waals surface area contributed by atoms with Crippen LogP contribution in [0.2, 0.25) is 0 Å². The zero-order valence-electron chi connectivity index (χ0n) is 23.8. The Morgan fingerprint density at radius 2 is 1.60 bits per heavy atom. The van der Waals surface area contributed by atoms with E-state index in [1.54, 1.807) is 11.0 Å². The number of aromatic nitrogens is 2. The Morgan fingerprint density at radius 1 is 0.884 bits per heavy atom. The van der Waals surface area contributed by atoms with E-state index < -0.39 is 5.82 Å². The fourth-order valence-electron chi connectivity index (χ4n) is 5.00. The molecule has 5 rings (SSSR count). The molecule has 2 aliphatic heterocycles. The fourth-order valence-corrected chi connectivity index (χ4v) is 5.24. The average molecular weight is 607 g/mol. The van der Waals surface area contributed by atoms with E-state index in [0.717, 1.165) is 31.7 Å². The lowest BCUT2D eigenvalue weighted by Crippen LogP contribution is -2.51. The van der Waals surface area contributed by atoms with Crippen LogP contribution in [0.1, 0.15) is 18.4 Å². The van der Waals surface area contributed by atoms with Crippen molar-refractivity contribution in [3.05, 3.63) is 72.3 Å². The van der Waals surface area contributed by atoms with Crippen LogP contribution in [0.15, 0.2) is 60.9 Å². The van der Waals surface area contributed by atoms with Crippen LogP contribution in [0.25, 0.3) is 0 Å². The standard InChI is InChI=1S/C30H35FN8O3S/c31-24-19-23(34-29(43)36-27(40)18-22-6-2-1-3-7-22)8-9-25(24)42-28-20-26(32-21-33-28)35-30(41)39-16-14-38(15-17-39)13-12-37-10-4-5-11-37/h1-3,6-9,19-21H,4-5,10-18H2,(H,32,33,35,41)(H2,34,36,40,43). The summed E-state index contributed by atoms with van der Waals surface area (Å²) in [6, 6.07) is 14.6. The number of hydrogen-bond acceptors (Lipinski definition) is 8. The highest BCUT2D eigenvalue weighted by Crippen LogP contribution is 2.26. The number of hydrogen-bond donors (Lipinski definition) is 3. The first-order chi connectivity index (χ1) is 20.9. The van der Waals surface area contributed by atoms with Crippen molar-refractivity contribution in [1.29, 1.82) is 0 Å². The molecule has 3 N–H and O–H groups in total. The molecule has 0 spiro atoms. The van der Waals surface area contributed by atoms with Gasteiger partial charge in [-0.05, 0) is 55.8 Å². The number of nitrogens with one attached hydrogen (secondary N) is 3. The summed E-state index contributed by atoms with van der Waals surface area (Å²) in [5, 5.41) is 8.21. The van der Waals surface area contributed by atoms with E-state index in [1.807, 2.05) is 30.3 Å². The highest BCUT2D eigenvalue weighted by atomic mass is 32.1. The van der Waals surface area contributed by atoms with Gasteiger partial charge < -0.3 is 25.2 Å². The van der Waals surface area contributed by atoms with Crippen LogP contribution < -0.4 is 20.7 Å². The van der Waals surface area contributed by atoms with Gasteiger partial charge in [-0.3, -0.25) is 15.0 Å². The van der Waals surface area contributed by atoms with Gasteiger partial charge in [0.15, 0.2) is 16.7 Å². The number of ether oxygens (including phenoxy) is 1. The number of urea groups is 1. The molecule has 2 fully saturated rings. The van der Waals surface area contributed by atoms with Gasteiger partial charge in [0.1, 0.15) is 12.1 Å². The summed E-state index contributed by atoms with van der Waals surface area (Å²) in [5.74, 6) is -0.714. The van der Waals surface area contributed by atoms with Crippen LogP contribution in [0, 0.1) is 5.82 Å². The van der Waals surface area contributed by atoms with Gasteiger partial charge in [0.2, 0.25) is 11.8 Å². The number of carbonyl (C=O) groups is 2. The highest BCUT2D eigenvalue weighted by Gasteiger charge is 2.22. The van der Waals surface area contributed by atoms with Crippen molar-refractivity contribution in [3.63, 3.8) is 0 Å². The van der Waals surface area contributed by atoms with Gasteiger partial charge >= 0.3 is 6.03 Å². The molecule has 0 bridgehead atoms. The molecule has 2 aliphatic rings. The van der Waals surface area contributed by atoms with Crippen LogP contribution in [0.5, 0.6) is 11.6 Å². The minimum Gasteiger partial charge on any atom is -0.436 e. The molecule has 43 heavy (non-hydrogen) atoms. The van der Waals surface area contributed by atoms with Gasteiger partial charge in [0, 0.05) is 57.1 Å². The van der Waals surface area contributed by atoms with Gasteiger partial charge in [-0.1, -0.05) is 30.3 Å². The number of nitrogens with zero attached hydrogens (tertiary/aromatic N) is 5. The largest absolute Gasteiger partial charge is 0.436 e. The lowest BCUT2D eigenvalue weighted by atomic mass is 10.1. The van der Waals surface area contributed by atoms with Crippen molar-refractivity contribution in [1.82, 2.24) is 30.0 Å². The zero-order valence-corrected chi connectivity index (χ0v) is 24.6. The molecule has 226 valence electrons. The topological polar surface area (TPSA) is 115 Å². The Labute approximate surface area is 255 Å². The van der Waals surface area contributed by atoms with Crippen molar-refractivity contribution in [2.75, 3.05) is 63.0 Å². The van der Waals surface area contributed by atoms with Crippen molar-refractivity contribution < 1.29 is 18.7 Å². The molecule has 0 atom stereocenters. The average Bonchev–Trinajstić information content (AvgIpc) is 3.52. The monoisotopic (exact) mass is 606 g/mol. The molecule has 11 nitrogen and oxygen atoms in total. The van der Waals surface area contributed by atoms with Crippen molar-refractivity contribution in [2.45, 2.75) is 19.3 Å². The number of thiocarbonyl (C=S) groups is 1. The first-order valence-corrected chi connectivity index (χ1v) is 14.8. The number of likely N-dealkylation sites (tertiary alicyclic amines) is 1. The maximum atomic E-state index is 14.8. The number of benzene rings is 2. The van der Waals surface area contributed by atoms with Gasteiger partial charge in [0.05, 0.1) is 6.42 Å². The molecule has 0 saturated carbocycles. The predicted octanol–water partition coefficient (Wildman–Crippen LogP) is 3.71. The maximum absolute atomic E-state index is 14.8. The molecule has 1 aromatic heterocycles. The van der Waals surface area contributed by atoms with E-state index in [-0.39, 0.29) is 40.9 Å². The molecular formula is C30H35FN8O3S. The second kappa shape index (κ2) is 14.8. The third-order valence-corrected chi connectivity index (χ3v) is 7.54. The number of halogens is 1. The van der Waals surface area contributed by atoms with Crippen LogP contribution in [0.3, 0.4) is 0 Å². The maximum Gasteiger partial charge on any atom is 0.323 e. The fraction of sp³-hybridized carbons (Fsp3) is 0.367. The lowest BCUT2D eigenvalue weighted by molar-refractivity contribution is -0.119. The van der Waals surface area contributed by atoms with E-state index in [4.69, 9.17) is 17.0 Å². The number of piperazine rings is 1. The normalized spacial score (nSPS) is 15.6. The number of carbonyl (C=O) groups excluding carboxylic acids is 2. The van der Waals surface area contributed by atoms with E-state index >= 15 is 0 Å².